The van der Waals surface area contributed by atoms with Crippen LogP contribution in [0.25, 0.3) is 0 Å². The third kappa shape index (κ3) is 5.42. The van der Waals surface area contributed by atoms with Crippen molar-refractivity contribution in [3.05, 3.63) is 58.3 Å². The van der Waals surface area contributed by atoms with Crippen LogP contribution in [0.15, 0.2) is 47.8 Å². The minimum atomic E-state index is -0.00748. The Hall–Kier alpha value is -2.18. The highest BCUT2D eigenvalue weighted by atomic mass is 32.1. The summed E-state index contributed by atoms with van der Waals surface area (Å²) < 4.78 is 0. The van der Waals surface area contributed by atoms with Gasteiger partial charge in [-0.05, 0) is 50.4 Å². The molecule has 1 aliphatic rings. The quantitative estimate of drug-likeness (QED) is 0.779. The van der Waals surface area contributed by atoms with Gasteiger partial charge in [-0.15, -0.1) is 11.3 Å². The van der Waals surface area contributed by atoms with E-state index in [2.05, 4.69) is 36.4 Å². The van der Waals surface area contributed by atoms with Crippen LogP contribution in [0.5, 0.6) is 0 Å². The number of rotatable bonds is 7. The fraction of sp³-hybridized carbons (Fsp3) is 0.455. The minimum absolute atomic E-state index is 0.00748. The molecule has 0 radical (unpaired) electrons. The van der Waals surface area contributed by atoms with Crippen LogP contribution >= 0.6 is 11.3 Å². The standard InChI is InChI=1S/C22H29N3O2S/c1-24(2)19(15-17-7-4-3-5-8-17)16-23-21(26)18-10-12-25(13-11-18)22(27)20-9-6-14-28-20/h3-9,14,18-19H,10-13,15-16H2,1-2H3,(H,23,26). The second-order valence-electron chi connectivity index (χ2n) is 7.60. The van der Waals surface area contributed by atoms with Crippen molar-refractivity contribution in [2.45, 2.75) is 25.3 Å². The number of thiophene rings is 1. The number of likely N-dealkylation sites (tertiary alicyclic amines) is 1. The fourth-order valence-corrected chi connectivity index (χ4v) is 4.28. The van der Waals surface area contributed by atoms with E-state index in [1.165, 1.54) is 16.9 Å². The zero-order valence-electron chi connectivity index (χ0n) is 16.6. The first-order valence-corrected chi connectivity index (χ1v) is 10.7. The summed E-state index contributed by atoms with van der Waals surface area (Å²) in [5.41, 5.74) is 1.27. The molecule has 28 heavy (non-hydrogen) atoms. The van der Waals surface area contributed by atoms with Crippen molar-refractivity contribution in [3.63, 3.8) is 0 Å². The topological polar surface area (TPSA) is 52.7 Å². The molecule has 3 rings (SSSR count). The van der Waals surface area contributed by atoms with E-state index in [1.54, 1.807) is 0 Å². The number of carbonyl (C=O) groups excluding carboxylic acids is 2. The molecule has 150 valence electrons. The molecule has 0 bridgehead atoms. The lowest BCUT2D eigenvalue weighted by Crippen LogP contribution is -2.46. The van der Waals surface area contributed by atoms with Gasteiger partial charge >= 0.3 is 0 Å². The van der Waals surface area contributed by atoms with Crippen LogP contribution in [0, 0.1) is 5.92 Å². The van der Waals surface area contributed by atoms with E-state index in [-0.39, 0.29) is 23.8 Å². The summed E-state index contributed by atoms with van der Waals surface area (Å²) in [5, 5.41) is 5.06. The number of amides is 2. The first-order valence-electron chi connectivity index (χ1n) is 9.85. The van der Waals surface area contributed by atoms with E-state index in [0.29, 0.717) is 19.6 Å². The van der Waals surface area contributed by atoms with E-state index in [4.69, 9.17) is 0 Å². The maximum absolute atomic E-state index is 12.7. The van der Waals surface area contributed by atoms with E-state index >= 15 is 0 Å². The molecule has 1 fully saturated rings. The van der Waals surface area contributed by atoms with Gasteiger partial charge in [-0.1, -0.05) is 36.4 Å². The zero-order chi connectivity index (χ0) is 19.9. The Morgan fingerprint density at radius 3 is 2.46 bits per heavy atom. The van der Waals surface area contributed by atoms with Crippen molar-refractivity contribution < 1.29 is 9.59 Å². The first-order chi connectivity index (χ1) is 13.5. The van der Waals surface area contributed by atoms with Crippen LogP contribution in [0.3, 0.4) is 0 Å². The van der Waals surface area contributed by atoms with Gasteiger partial charge in [0.05, 0.1) is 4.88 Å². The van der Waals surface area contributed by atoms with E-state index in [0.717, 1.165) is 24.1 Å². The molecular weight excluding hydrogens is 370 g/mol. The molecule has 6 heteroatoms. The number of nitrogens with zero attached hydrogens (tertiary/aromatic N) is 2. The van der Waals surface area contributed by atoms with Crippen LogP contribution in [-0.2, 0) is 11.2 Å². The number of piperidine rings is 1. The minimum Gasteiger partial charge on any atom is -0.354 e. The largest absolute Gasteiger partial charge is 0.354 e. The lowest BCUT2D eigenvalue weighted by molar-refractivity contribution is -0.126. The first kappa shape index (κ1) is 20.6. The van der Waals surface area contributed by atoms with Crippen LogP contribution < -0.4 is 5.32 Å². The molecule has 0 spiro atoms. The smallest absolute Gasteiger partial charge is 0.263 e. The number of carbonyl (C=O) groups is 2. The summed E-state index contributed by atoms with van der Waals surface area (Å²) in [6.07, 6.45) is 2.37. The highest BCUT2D eigenvalue weighted by Gasteiger charge is 2.28. The second kappa shape index (κ2) is 9.85. The van der Waals surface area contributed by atoms with Crippen LogP contribution in [-0.4, -0.2) is 61.4 Å². The molecule has 0 aliphatic carbocycles. The molecule has 1 aromatic carbocycles. The normalized spacial score (nSPS) is 16.2. The van der Waals surface area contributed by atoms with Gasteiger partial charge in [-0.2, -0.15) is 0 Å². The average molecular weight is 400 g/mol. The van der Waals surface area contributed by atoms with Crippen LogP contribution in [0.1, 0.15) is 28.1 Å². The van der Waals surface area contributed by atoms with Crippen molar-refractivity contribution in [2.24, 2.45) is 5.92 Å². The summed E-state index contributed by atoms with van der Waals surface area (Å²) in [6, 6.07) is 14.4. The molecule has 1 aromatic heterocycles. The Balaban J connectivity index is 1.46. The Kier molecular flexibility index (Phi) is 7.23. The molecule has 5 nitrogen and oxygen atoms in total. The molecule has 1 saturated heterocycles. The van der Waals surface area contributed by atoms with Crippen molar-refractivity contribution in [3.8, 4) is 0 Å². The molecule has 2 amide bonds. The Morgan fingerprint density at radius 2 is 1.86 bits per heavy atom. The Labute approximate surface area is 171 Å². The Bertz CT molecular complexity index is 753. The third-order valence-electron chi connectivity index (χ3n) is 5.44. The van der Waals surface area contributed by atoms with Crippen molar-refractivity contribution in [2.75, 3.05) is 33.7 Å². The van der Waals surface area contributed by atoms with Crippen molar-refractivity contribution >= 4 is 23.2 Å². The van der Waals surface area contributed by atoms with Crippen molar-refractivity contribution in [1.29, 1.82) is 0 Å². The third-order valence-corrected chi connectivity index (χ3v) is 6.30. The SMILES string of the molecule is CN(C)C(CNC(=O)C1CCN(C(=O)c2cccs2)CC1)Cc1ccccc1. The van der Waals surface area contributed by atoms with Gasteiger partial charge in [0.2, 0.25) is 5.91 Å². The fourth-order valence-electron chi connectivity index (χ4n) is 3.59. The molecular formula is C22H29N3O2S. The summed E-state index contributed by atoms with van der Waals surface area (Å²) in [6.45, 7) is 1.93. The van der Waals surface area contributed by atoms with Gasteiger partial charge in [0.15, 0.2) is 0 Å². The van der Waals surface area contributed by atoms with Gasteiger partial charge < -0.3 is 15.1 Å². The van der Waals surface area contributed by atoms with E-state index in [1.807, 2.05) is 40.6 Å². The second-order valence-corrected chi connectivity index (χ2v) is 8.54. The number of nitrogens with one attached hydrogen (secondary N) is 1. The monoisotopic (exact) mass is 399 g/mol. The zero-order valence-corrected chi connectivity index (χ0v) is 17.5. The number of likely N-dealkylation sites (N-methyl/N-ethyl adjacent to an activating group) is 1. The molecule has 2 aromatic rings. The Morgan fingerprint density at radius 1 is 1.14 bits per heavy atom. The van der Waals surface area contributed by atoms with Crippen LogP contribution in [0.4, 0.5) is 0 Å². The van der Waals surface area contributed by atoms with Gasteiger partial charge in [0, 0.05) is 31.6 Å². The predicted molar refractivity (Wildman–Crippen MR) is 114 cm³/mol. The van der Waals surface area contributed by atoms with E-state index < -0.39 is 0 Å². The number of benzene rings is 1. The summed E-state index contributed by atoms with van der Waals surface area (Å²) in [7, 11) is 4.10. The van der Waals surface area contributed by atoms with Crippen LogP contribution in [0.2, 0.25) is 0 Å². The molecule has 1 aliphatic heterocycles. The maximum atomic E-state index is 12.7. The maximum Gasteiger partial charge on any atom is 0.263 e. The summed E-state index contributed by atoms with van der Waals surface area (Å²) in [5.74, 6) is 0.194. The summed E-state index contributed by atoms with van der Waals surface area (Å²) >= 11 is 1.47. The average Bonchev–Trinajstić information content (AvgIpc) is 3.26. The van der Waals surface area contributed by atoms with Crippen molar-refractivity contribution in [1.82, 2.24) is 15.1 Å². The number of hydrogen-bond donors (Lipinski definition) is 1. The van der Waals surface area contributed by atoms with Gasteiger partial charge in [0.1, 0.15) is 0 Å². The predicted octanol–water partition coefficient (Wildman–Crippen LogP) is 2.89. The lowest BCUT2D eigenvalue weighted by atomic mass is 9.95. The van der Waals surface area contributed by atoms with Gasteiger partial charge in [0.25, 0.3) is 5.91 Å². The lowest BCUT2D eigenvalue weighted by Gasteiger charge is -2.32. The molecule has 1 unspecified atom stereocenters. The molecule has 1 N–H and O–H groups in total. The highest BCUT2D eigenvalue weighted by Crippen LogP contribution is 2.21. The summed E-state index contributed by atoms with van der Waals surface area (Å²) in [4.78, 5) is 29.9. The number of hydrogen-bond acceptors (Lipinski definition) is 4. The molecule has 2 heterocycles. The van der Waals surface area contributed by atoms with Gasteiger partial charge in [-0.25, -0.2) is 0 Å². The van der Waals surface area contributed by atoms with Gasteiger partial charge in [-0.3, -0.25) is 9.59 Å². The molecule has 1 atom stereocenters. The highest BCUT2D eigenvalue weighted by molar-refractivity contribution is 7.12. The van der Waals surface area contributed by atoms with E-state index in [9.17, 15) is 9.59 Å². The molecule has 0 saturated carbocycles.